The van der Waals surface area contributed by atoms with Crippen LogP contribution in [0.15, 0.2) is 0 Å². The maximum atomic E-state index is 10.8. The molecule has 0 saturated heterocycles. The maximum Gasteiger partial charge on any atom is 0.323 e. The second-order valence-electron chi connectivity index (χ2n) is 2.30. The van der Waals surface area contributed by atoms with Crippen LogP contribution < -0.4 is 16.6 Å². The fourth-order valence-corrected chi connectivity index (χ4v) is 1.23. The minimum atomic E-state index is -0.817. The highest BCUT2D eigenvalue weighted by molar-refractivity contribution is 7.98. The van der Waals surface area contributed by atoms with Gasteiger partial charge in [0.25, 0.3) is 0 Å². The Morgan fingerprint density at radius 2 is 2.08 bits per heavy atom. The van der Waals surface area contributed by atoms with Gasteiger partial charge in [0.05, 0.1) is 0 Å². The molecule has 0 rings (SSSR count). The van der Waals surface area contributed by atoms with Crippen LogP contribution in [0.5, 0.6) is 0 Å². The van der Waals surface area contributed by atoms with Crippen molar-refractivity contribution in [3.8, 4) is 0 Å². The number of nitrogens with two attached hydrogens (primary N) is 1. The highest BCUT2D eigenvalue weighted by atomic mass is 32.2. The Labute approximate surface area is 75.4 Å². The van der Waals surface area contributed by atoms with E-state index in [1.165, 1.54) is 0 Å². The highest BCUT2D eigenvalue weighted by Gasteiger charge is 2.13. The number of amides is 2. The molecule has 0 aliphatic heterocycles. The van der Waals surface area contributed by atoms with E-state index in [1.54, 1.807) is 17.2 Å². The van der Waals surface area contributed by atoms with Gasteiger partial charge >= 0.3 is 11.8 Å². The second kappa shape index (κ2) is 5.84. The molecule has 0 aromatic heterocycles. The molecule has 0 aliphatic rings. The summed E-state index contributed by atoms with van der Waals surface area (Å²) in [5.74, 6) is 4.01. The van der Waals surface area contributed by atoms with Gasteiger partial charge in [-0.15, -0.1) is 0 Å². The summed E-state index contributed by atoms with van der Waals surface area (Å²) < 4.78 is 0. The van der Waals surface area contributed by atoms with Gasteiger partial charge in [0.1, 0.15) is 0 Å². The summed E-state index contributed by atoms with van der Waals surface area (Å²) in [6.07, 6.45) is 1.92. The van der Waals surface area contributed by atoms with Gasteiger partial charge in [-0.05, 0) is 13.2 Å². The molecule has 70 valence electrons. The van der Waals surface area contributed by atoms with Crippen molar-refractivity contribution in [2.75, 3.05) is 12.0 Å². The lowest BCUT2D eigenvalue weighted by Gasteiger charge is -2.10. The Morgan fingerprint density at radius 3 is 2.50 bits per heavy atom. The number of hydrogen-bond donors (Lipinski definition) is 3. The van der Waals surface area contributed by atoms with Gasteiger partial charge in [0, 0.05) is 11.8 Å². The van der Waals surface area contributed by atoms with Gasteiger partial charge in [-0.25, -0.2) is 5.84 Å². The van der Waals surface area contributed by atoms with Crippen molar-refractivity contribution in [1.29, 1.82) is 0 Å². The van der Waals surface area contributed by atoms with Crippen molar-refractivity contribution < 1.29 is 9.59 Å². The normalized spacial score (nSPS) is 11.9. The molecule has 0 aliphatic carbocycles. The molecule has 0 radical (unpaired) electrons. The molecule has 0 bridgehead atoms. The summed E-state index contributed by atoms with van der Waals surface area (Å²) in [7, 11) is 0. The summed E-state index contributed by atoms with van der Waals surface area (Å²) in [6, 6.07) is -0.0233. The Kier molecular flexibility index (Phi) is 5.48. The van der Waals surface area contributed by atoms with E-state index in [0.29, 0.717) is 0 Å². The number of rotatable bonds is 3. The van der Waals surface area contributed by atoms with Crippen LogP contribution in [-0.2, 0) is 9.59 Å². The Balaban J connectivity index is 3.76. The molecule has 0 spiro atoms. The summed E-state index contributed by atoms with van der Waals surface area (Å²) in [6.45, 7) is 1.82. The smallest absolute Gasteiger partial charge is 0.323 e. The van der Waals surface area contributed by atoms with Crippen molar-refractivity contribution in [3.05, 3.63) is 0 Å². The molecule has 0 aromatic carbocycles. The minimum Gasteiger partial charge on any atom is -0.345 e. The summed E-state index contributed by atoms with van der Waals surface area (Å²) in [4.78, 5) is 21.4. The van der Waals surface area contributed by atoms with Crippen LogP contribution in [0.4, 0.5) is 0 Å². The number of carbonyl (C=O) groups excluding carboxylic acids is 2. The molecule has 12 heavy (non-hydrogen) atoms. The number of nitrogens with one attached hydrogen (secondary N) is 2. The molecular weight excluding hydrogens is 178 g/mol. The van der Waals surface area contributed by atoms with Crippen molar-refractivity contribution in [3.63, 3.8) is 0 Å². The number of thioether (sulfide) groups is 1. The Morgan fingerprint density at radius 1 is 1.50 bits per heavy atom. The topological polar surface area (TPSA) is 84.2 Å². The summed E-state index contributed by atoms with van der Waals surface area (Å²) in [5.41, 5.74) is 1.75. The minimum absolute atomic E-state index is 0.0233. The Bertz CT molecular complexity index is 174. The SMILES string of the molecule is CSCC(C)NC(=O)C(=O)NN. The summed E-state index contributed by atoms with van der Waals surface area (Å²) in [5, 5.41) is 2.48. The molecule has 0 fully saturated rings. The molecule has 2 amide bonds. The average Bonchev–Trinajstić information content (AvgIpc) is 2.03. The highest BCUT2D eigenvalue weighted by Crippen LogP contribution is 1.95. The zero-order valence-electron chi connectivity index (χ0n) is 7.09. The van der Waals surface area contributed by atoms with Gasteiger partial charge in [-0.2, -0.15) is 11.8 Å². The van der Waals surface area contributed by atoms with Crippen LogP contribution >= 0.6 is 11.8 Å². The Hall–Kier alpha value is -0.750. The second-order valence-corrected chi connectivity index (χ2v) is 3.21. The number of hydrazine groups is 1. The van der Waals surface area contributed by atoms with Crippen LogP contribution in [0.3, 0.4) is 0 Å². The van der Waals surface area contributed by atoms with Gasteiger partial charge in [-0.3, -0.25) is 15.0 Å². The average molecular weight is 191 g/mol. The van der Waals surface area contributed by atoms with E-state index in [0.717, 1.165) is 5.75 Å². The quantitative estimate of drug-likeness (QED) is 0.227. The third-order valence-electron chi connectivity index (χ3n) is 1.13. The lowest BCUT2D eigenvalue weighted by molar-refractivity contribution is -0.139. The van der Waals surface area contributed by atoms with Crippen LogP contribution in [-0.4, -0.2) is 29.9 Å². The molecule has 6 heteroatoms. The van der Waals surface area contributed by atoms with E-state index >= 15 is 0 Å². The van der Waals surface area contributed by atoms with Crippen molar-refractivity contribution in [2.45, 2.75) is 13.0 Å². The molecule has 4 N–H and O–H groups in total. The third-order valence-corrected chi connectivity index (χ3v) is 1.96. The monoisotopic (exact) mass is 191 g/mol. The molecule has 0 aromatic rings. The van der Waals surface area contributed by atoms with E-state index in [2.05, 4.69) is 5.32 Å². The van der Waals surface area contributed by atoms with Gasteiger partial charge < -0.3 is 5.32 Å². The van der Waals surface area contributed by atoms with Crippen molar-refractivity contribution >= 4 is 23.6 Å². The van der Waals surface area contributed by atoms with Crippen molar-refractivity contribution in [2.24, 2.45) is 5.84 Å². The first-order valence-electron chi connectivity index (χ1n) is 3.42. The van der Waals surface area contributed by atoms with Crippen LogP contribution in [0.25, 0.3) is 0 Å². The lowest BCUT2D eigenvalue weighted by atomic mass is 10.4. The molecule has 1 atom stereocenters. The molecule has 1 unspecified atom stereocenters. The predicted octanol–water partition coefficient (Wildman–Crippen LogP) is -1.16. The first-order valence-corrected chi connectivity index (χ1v) is 4.81. The van der Waals surface area contributed by atoms with Crippen LogP contribution in [0.2, 0.25) is 0 Å². The summed E-state index contributed by atoms with van der Waals surface area (Å²) >= 11 is 1.59. The van der Waals surface area contributed by atoms with E-state index in [1.807, 2.05) is 13.2 Å². The predicted molar refractivity (Wildman–Crippen MR) is 48.3 cm³/mol. The molecule has 0 saturated carbocycles. The van der Waals surface area contributed by atoms with Gasteiger partial charge in [0.15, 0.2) is 0 Å². The largest absolute Gasteiger partial charge is 0.345 e. The van der Waals surface area contributed by atoms with Crippen LogP contribution in [0.1, 0.15) is 6.92 Å². The maximum absolute atomic E-state index is 10.8. The van der Waals surface area contributed by atoms with E-state index < -0.39 is 11.8 Å². The first-order chi connectivity index (χ1) is 5.61. The standard InChI is InChI=1S/C6H13N3O2S/c1-4(3-12-2)8-5(10)6(11)9-7/h4H,3,7H2,1-2H3,(H,8,10)(H,9,11). The molecule has 5 nitrogen and oxygen atoms in total. The van der Waals surface area contributed by atoms with E-state index in [-0.39, 0.29) is 6.04 Å². The van der Waals surface area contributed by atoms with Crippen molar-refractivity contribution in [1.82, 2.24) is 10.7 Å². The first kappa shape index (κ1) is 11.2. The number of hydrogen-bond acceptors (Lipinski definition) is 4. The van der Waals surface area contributed by atoms with E-state index in [9.17, 15) is 9.59 Å². The van der Waals surface area contributed by atoms with Gasteiger partial charge in [-0.1, -0.05) is 0 Å². The van der Waals surface area contributed by atoms with Crippen LogP contribution in [0, 0.1) is 0 Å². The van der Waals surface area contributed by atoms with Gasteiger partial charge in [0.2, 0.25) is 0 Å². The fourth-order valence-electron chi connectivity index (χ4n) is 0.647. The van der Waals surface area contributed by atoms with E-state index in [4.69, 9.17) is 5.84 Å². The molecular formula is C6H13N3O2S. The lowest BCUT2D eigenvalue weighted by Crippen LogP contribution is -2.46. The molecule has 0 heterocycles. The third kappa shape index (κ3) is 4.20. The fraction of sp³-hybridized carbons (Fsp3) is 0.667. The number of carbonyl (C=O) groups is 2. The zero-order chi connectivity index (χ0) is 9.56. The zero-order valence-corrected chi connectivity index (χ0v) is 7.90.